The number of hydrogen-bond donors (Lipinski definition) is 0. The zero-order valence-electron chi connectivity index (χ0n) is 13.3. The number of nitrogens with zero attached hydrogens (tertiary/aromatic N) is 6. The van der Waals surface area contributed by atoms with E-state index in [1.54, 1.807) is 16.9 Å². The van der Waals surface area contributed by atoms with Crippen LogP contribution < -0.4 is 9.64 Å². The third-order valence-electron chi connectivity index (χ3n) is 4.43. The zero-order chi connectivity index (χ0) is 17.0. The summed E-state index contributed by atoms with van der Waals surface area (Å²) in [6, 6.07) is 7.84. The van der Waals surface area contributed by atoms with Gasteiger partial charge in [0.1, 0.15) is 17.4 Å². The van der Waals surface area contributed by atoms with Gasteiger partial charge in [-0.3, -0.25) is 0 Å². The first-order valence-corrected chi connectivity index (χ1v) is 8.23. The quantitative estimate of drug-likeness (QED) is 0.491. The van der Waals surface area contributed by atoms with Crippen LogP contribution in [0.15, 0.2) is 36.7 Å². The Morgan fingerprint density at radius 1 is 1.20 bits per heavy atom. The molecule has 1 aliphatic rings. The third kappa shape index (κ3) is 2.12. The van der Waals surface area contributed by atoms with Gasteiger partial charge in [0.2, 0.25) is 5.65 Å². The van der Waals surface area contributed by atoms with E-state index < -0.39 is 0 Å². The van der Waals surface area contributed by atoms with Gasteiger partial charge in [0.15, 0.2) is 11.6 Å². The largest absolute Gasteiger partial charge is 0.486 e. The van der Waals surface area contributed by atoms with Crippen molar-refractivity contribution in [1.82, 2.24) is 24.8 Å². The Morgan fingerprint density at radius 2 is 2.12 bits per heavy atom. The van der Waals surface area contributed by atoms with Crippen LogP contribution in [0.4, 0.5) is 5.69 Å². The molecule has 0 N–H and O–H groups in total. The molecule has 0 fully saturated rings. The summed E-state index contributed by atoms with van der Waals surface area (Å²) in [7, 11) is 2.01. The molecule has 0 aliphatic carbocycles. The van der Waals surface area contributed by atoms with Crippen LogP contribution in [0.1, 0.15) is 0 Å². The smallest absolute Gasteiger partial charge is 0.222 e. The summed E-state index contributed by atoms with van der Waals surface area (Å²) in [4.78, 5) is 6.24. The Hall–Kier alpha value is -2.93. The molecule has 5 rings (SSSR count). The molecule has 3 aromatic heterocycles. The number of likely N-dealkylation sites (N-methyl/N-ethyl adjacent to an activating group) is 1. The highest BCUT2D eigenvalue weighted by atomic mass is 35.5. The number of halogens is 1. The number of fused-ring (bicyclic) bond motifs is 4. The molecule has 0 atom stereocenters. The molecule has 1 aliphatic heterocycles. The van der Waals surface area contributed by atoms with Gasteiger partial charge in [-0.15, -0.1) is 10.2 Å². The van der Waals surface area contributed by atoms with Gasteiger partial charge in [-0.25, -0.2) is 4.98 Å². The fraction of sp³-hybridized carbons (Fsp3) is 0.176. The number of rotatable bonds is 1. The van der Waals surface area contributed by atoms with Crippen molar-refractivity contribution in [2.45, 2.75) is 0 Å². The number of anilines is 1. The first kappa shape index (κ1) is 14.4. The maximum Gasteiger partial charge on any atom is 0.222 e. The molecule has 0 unspecified atom stereocenters. The second kappa shape index (κ2) is 5.29. The zero-order valence-corrected chi connectivity index (χ0v) is 14.1. The van der Waals surface area contributed by atoms with Gasteiger partial charge < -0.3 is 9.64 Å². The first-order chi connectivity index (χ1) is 12.2. The van der Waals surface area contributed by atoms with E-state index in [0.717, 1.165) is 28.6 Å². The highest BCUT2D eigenvalue weighted by Gasteiger charge is 2.22. The second-order valence-corrected chi connectivity index (χ2v) is 6.28. The maximum absolute atomic E-state index is 6.22. The van der Waals surface area contributed by atoms with Gasteiger partial charge in [-0.2, -0.15) is 9.61 Å². The molecule has 0 spiro atoms. The van der Waals surface area contributed by atoms with Crippen LogP contribution in [0.3, 0.4) is 0 Å². The molecule has 7 nitrogen and oxygen atoms in total. The van der Waals surface area contributed by atoms with Crippen LogP contribution in [0.25, 0.3) is 27.8 Å². The molecule has 124 valence electrons. The van der Waals surface area contributed by atoms with E-state index >= 15 is 0 Å². The van der Waals surface area contributed by atoms with Gasteiger partial charge in [-0.1, -0.05) is 23.7 Å². The van der Waals surface area contributed by atoms with Crippen LogP contribution in [-0.2, 0) is 0 Å². The lowest BCUT2D eigenvalue weighted by Crippen LogP contribution is -2.29. The summed E-state index contributed by atoms with van der Waals surface area (Å²) in [5, 5.41) is 15.5. The summed E-state index contributed by atoms with van der Waals surface area (Å²) < 4.78 is 7.51. The van der Waals surface area contributed by atoms with Crippen molar-refractivity contribution in [1.29, 1.82) is 0 Å². The van der Waals surface area contributed by atoms with Crippen molar-refractivity contribution in [3.63, 3.8) is 0 Å². The Balaban J connectivity index is 1.73. The van der Waals surface area contributed by atoms with Gasteiger partial charge >= 0.3 is 0 Å². The Kier molecular flexibility index (Phi) is 3.05. The molecule has 25 heavy (non-hydrogen) atoms. The molecule has 0 bridgehead atoms. The normalized spacial score (nSPS) is 13.9. The lowest BCUT2D eigenvalue weighted by molar-refractivity contribution is 0.312. The van der Waals surface area contributed by atoms with Crippen LogP contribution in [-0.4, -0.2) is 45.0 Å². The standard InChI is InChI=1S/C17H13ClN6O/c1-23-6-7-25-14-13(23)9-20-24-16(21-22-17(14)24)11-3-2-10-4-5-19-15(18)12(10)8-11/h2-5,8-9H,6-7H2,1H3. The average Bonchev–Trinajstić information content (AvgIpc) is 3.07. The van der Waals surface area contributed by atoms with Gasteiger partial charge in [-0.05, 0) is 17.5 Å². The van der Waals surface area contributed by atoms with E-state index in [2.05, 4.69) is 25.2 Å². The third-order valence-corrected chi connectivity index (χ3v) is 4.73. The van der Waals surface area contributed by atoms with Crippen molar-refractivity contribution in [2.24, 2.45) is 0 Å². The van der Waals surface area contributed by atoms with E-state index in [4.69, 9.17) is 16.3 Å². The number of ether oxygens (including phenoxy) is 1. The monoisotopic (exact) mass is 352 g/mol. The van der Waals surface area contributed by atoms with E-state index in [1.807, 2.05) is 31.3 Å². The number of pyridine rings is 1. The minimum atomic E-state index is 0.462. The van der Waals surface area contributed by atoms with E-state index in [0.29, 0.717) is 29.0 Å². The molecule has 0 radical (unpaired) electrons. The summed E-state index contributed by atoms with van der Waals surface area (Å²) in [5.41, 5.74) is 2.39. The average molecular weight is 353 g/mol. The molecule has 4 heterocycles. The summed E-state index contributed by atoms with van der Waals surface area (Å²) in [5.74, 6) is 1.35. The highest BCUT2D eigenvalue weighted by Crippen LogP contribution is 2.35. The fourth-order valence-corrected chi connectivity index (χ4v) is 3.30. The van der Waals surface area contributed by atoms with E-state index in [-0.39, 0.29) is 0 Å². The van der Waals surface area contributed by atoms with Gasteiger partial charge in [0, 0.05) is 24.2 Å². The predicted molar refractivity (Wildman–Crippen MR) is 95.3 cm³/mol. The summed E-state index contributed by atoms with van der Waals surface area (Å²) in [6.07, 6.45) is 3.47. The molecule has 0 saturated heterocycles. The molecule has 1 aromatic carbocycles. The van der Waals surface area contributed by atoms with Gasteiger partial charge in [0.25, 0.3) is 0 Å². The van der Waals surface area contributed by atoms with E-state index in [1.165, 1.54) is 0 Å². The highest BCUT2D eigenvalue weighted by molar-refractivity contribution is 6.34. The molecule has 0 amide bonds. The van der Waals surface area contributed by atoms with Crippen molar-refractivity contribution in [3.05, 3.63) is 41.8 Å². The Bertz CT molecular complexity index is 1120. The van der Waals surface area contributed by atoms with Crippen LogP contribution >= 0.6 is 11.6 Å². The first-order valence-electron chi connectivity index (χ1n) is 7.85. The van der Waals surface area contributed by atoms with Crippen molar-refractivity contribution in [2.75, 3.05) is 25.1 Å². The number of benzene rings is 1. The SMILES string of the molecule is CN1CCOc2c1cnn1c(-c3ccc4ccnc(Cl)c4c3)nnc21. The lowest BCUT2D eigenvalue weighted by Gasteiger charge is -2.26. The van der Waals surface area contributed by atoms with Crippen molar-refractivity contribution < 1.29 is 4.74 Å². The fourth-order valence-electron chi connectivity index (χ4n) is 3.08. The number of hydrogen-bond acceptors (Lipinski definition) is 6. The summed E-state index contributed by atoms with van der Waals surface area (Å²) >= 11 is 6.22. The van der Waals surface area contributed by atoms with Crippen molar-refractivity contribution >= 4 is 33.7 Å². The minimum Gasteiger partial charge on any atom is -0.486 e. The van der Waals surface area contributed by atoms with Crippen LogP contribution in [0, 0.1) is 0 Å². The summed E-state index contributed by atoms with van der Waals surface area (Å²) in [6.45, 7) is 1.44. The molecular weight excluding hydrogens is 340 g/mol. The second-order valence-electron chi connectivity index (χ2n) is 5.93. The molecule has 8 heteroatoms. The Labute approximate surface area is 147 Å². The molecule has 4 aromatic rings. The maximum atomic E-state index is 6.22. The Morgan fingerprint density at radius 3 is 3.04 bits per heavy atom. The topological polar surface area (TPSA) is 68.4 Å². The predicted octanol–water partition coefficient (Wildman–Crippen LogP) is 2.82. The van der Waals surface area contributed by atoms with Crippen molar-refractivity contribution in [3.8, 4) is 17.1 Å². The lowest BCUT2D eigenvalue weighted by atomic mass is 10.1. The van der Waals surface area contributed by atoms with Crippen LogP contribution in [0.2, 0.25) is 5.15 Å². The number of aromatic nitrogens is 5. The minimum absolute atomic E-state index is 0.462. The molecular formula is C17H13ClN6O. The van der Waals surface area contributed by atoms with Gasteiger partial charge in [0.05, 0.1) is 12.7 Å². The van der Waals surface area contributed by atoms with E-state index in [9.17, 15) is 0 Å². The molecule has 0 saturated carbocycles. The van der Waals surface area contributed by atoms with Crippen LogP contribution in [0.5, 0.6) is 5.75 Å².